The summed E-state index contributed by atoms with van der Waals surface area (Å²) in [5, 5.41) is 2.97. The van der Waals surface area contributed by atoms with Crippen molar-refractivity contribution in [1.82, 2.24) is 15.2 Å². The summed E-state index contributed by atoms with van der Waals surface area (Å²) in [4.78, 5) is 23.0. The fourth-order valence-corrected chi connectivity index (χ4v) is 5.96. The van der Waals surface area contributed by atoms with Crippen molar-refractivity contribution in [2.75, 3.05) is 0 Å². The average Bonchev–Trinajstić information content (AvgIpc) is 3.14. The second-order valence-electron chi connectivity index (χ2n) is 10.7. The molecule has 1 aromatic heterocycles. The van der Waals surface area contributed by atoms with E-state index < -0.39 is 12.9 Å². The van der Waals surface area contributed by atoms with Crippen LogP contribution in [0.4, 0.5) is 0 Å². The number of hydrogen-bond acceptors (Lipinski definition) is 5. The average molecular weight is 496 g/mol. The molecule has 1 saturated heterocycles. The van der Waals surface area contributed by atoms with Crippen LogP contribution in [0.2, 0.25) is 0 Å². The first-order valence-corrected chi connectivity index (χ1v) is 12.5. The van der Waals surface area contributed by atoms with Crippen molar-refractivity contribution in [3.8, 4) is 11.4 Å². The minimum absolute atomic E-state index is 0. The van der Waals surface area contributed by atoms with E-state index in [9.17, 15) is 4.79 Å². The summed E-state index contributed by atoms with van der Waals surface area (Å²) in [5.41, 5.74) is 2.61. The third-order valence-corrected chi connectivity index (χ3v) is 8.13. The quantitative estimate of drug-likeness (QED) is 0.395. The van der Waals surface area contributed by atoms with Gasteiger partial charge in [-0.1, -0.05) is 63.9 Å². The Morgan fingerprint density at radius 1 is 1.17 bits per heavy atom. The van der Waals surface area contributed by atoms with E-state index in [4.69, 9.17) is 14.3 Å². The highest BCUT2D eigenvalue weighted by Crippen LogP contribution is 2.64. The van der Waals surface area contributed by atoms with Crippen LogP contribution in [-0.4, -0.2) is 28.7 Å². The van der Waals surface area contributed by atoms with E-state index in [2.05, 4.69) is 44.0 Å². The van der Waals surface area contributed by atoms with Gasteiger partial charge in [-0.15, -0.1) is 12.4 Å². The molecule has 2 heterocycles. The van der Waals surface area contributed by atoms with E-state index in [1.807, 2.05) is 37.3 Å². The maximum absolute atomic E-state index is 13.5. The molecular formula is C27H35BClN3O3. The van der Waals surface area contributed by atoms with Crippen LogP contribution in [0.15, 0.2) is 42.2 Å². The Labute approximate surface area is 214 Å². The molecule has 186 valence electrons. The maximum atomic E-state index is 13.5. The lowest BCUT2D eigenvalue weighted by atomic mass is 9.46. The van der Waals surface area contributed by atoms with E-state index in [1.54, 1.807) is 0 Å². The molecule has 4 aliphatic rings. The van der Waals surface area contributed by atoms with Gasteiger partial charge in [0.15, 0.2) is 5.82 Å². The molecule has 2 bridgehead atoms. The van der Waals surface area contributed by atoms with Gasteiger partial charge in [-0.05, 0) is 56.4 Å². The molecule has 3 aliphatic carbocycles. The molecular weight excluding hydrogens is 461 g/mol. The van der Waals surface area contributed by atoms with Crippen molar-refractivity contribution in [3.05, 3.63) is 59.1 Å². The van der Waals surface area contributed by atoms with Crippen molar-refractivity contribution >= 4 is 25.6 Å². The topological polar surface area (TPSA) is 73.3 Å². The van der Waals surface area contributed by atoms with E-state index in [1.165, 1.54) is 0 Å². The van der Waals surface area contributed by atoms with Gasteiger partial charge in [0.05, 0.1) is 17.0 Å². The minimum Gasteiger partial charge on any atom is -0.519 e. The van der Waals surface area contributed by atoms with Crippen molar-refractivity contribution in [2.45, 2.75) is 72.3 Å². The summed E-state index contributed by atoms with van der Waals surface area (Å²) in [6.07, 6.45) is 7.20. The standard InChI is InChI=1S/C27H34BN3O3.ClH/c1-6-7-9-14-20-23(17(2)29-24(30-20)18-12-10-8-11-13-18)25(32)31-28-33-22-16-19-15-21(26(19,3)4)27(22,5)34-28;/h8,10-13,16,19,21H,6-7,9,14-15H2,1-5H3,(H,31,32);1H. The van der Waals surface area contributed by atoms with Crippen molar-refractivity contribution < 1.29 is 14.1 Å². The van der Waals surface area contributed by atoms with Crippen LogP contribution in [0.25, 0.3) is 11.4 Å². The van der Waals surface area contributed by atoms with E-state index >= 15 is 0 Å². The molecule has 1 saturated carbocycles. The lowest BCUT2D eigenvalue weighted by Crippen LogP contribution is -2.59. The SMILES string of the molecule is CCCCCc1nc(-c2ccccc2)nc(C)c1C(=O)NB1OC2=CC3CC(C2(C)O1)C3(C)C.Cl. The number of unbranched alkanes of at least 4 members (excludes halogenated alkanes) is 2. The number of carbonyl (C=O) groups excluding carboxylic acids is 1. The molecule has 1 amide bonds. The number of halogens is 1. The van der Waals surface area contributed by atoms with Crippen LogP contribution in [0, 0.1) is 24.2 Å². The Balaban J connectivity index is 0.00000289. The number of aromatic nitrogens is 2. The highest BCUT2D eigenvalue weighted by atomic mass is 35.5. The van der Waals surface area contributed by atoms with Gasteiger partial charge in [0.25, 0.3) is 0 Å². The number of rotatable bonds is 7. The predicted octanol–water partition coefficient (Wildman–Crippen LogP) is 5.69. The van der Waals surface area contributed by atoms with Crippen LogP contribution < -0.4 is 5.23 Å². The largest absolute Gasteiger partial charge is 0.665 e. The lowest BCUT2D eigenvalue weighted by molar-refractivity contribution is -0.114. The first-order valence-electron chi connectivity index (χ1n) is 12.5. The highest BCUT2D eigenvalue weighted by molar-refractivity contribution is 6.47. The summed E-state index contributed by atoms with van der Waals surface area (Å²) in [7, 11) is -0.810. The molecule has 8 heteroatoms. The molecule has 0 radical (unpaired) electrons. The normalized spacial score (nSPS) is 25.5. The molecule has 2 aromatic rings. The molecule has 0 spiro atoms. The van der Waals surface area contributed by atoms with Crippen LogP contribution in [-0.2, 0) is 15.7 Å². The second-order valence-corrected chi connectivity index (χ2v) is 10.7. The van der Waals surface area contributed by atoms with Gasteiger partial charge in [0.1, 0.15) is 11.4 Å². The zero-order valence-electron chi connectivity index (χ0n) is 21.3. The molecule has 1 aliphatic heterocycles. The van der Waals surface area contributed by atoms with Crippen molar-refractivity contribution in [1.29, 1.82) is 0 Å². The van der Waals surface area contributed by atoms with Gasteiger partial charge >= 0.3 is 7.25 Å². The monoisotopic (exact) mass is 495 g/mol. The third kappa shape index (κ3) is 4.38. The number of nitrogens with zero attached hydrogens (tertiary/aromatic N) is 2. The molecule has 6 rings (SSSR count). The minimum atomic E-state index is -0.810. The summed E-state index contributed by atoms with van der Waals surface area (Å²) in [5.74, 6) is 2.15. The number of hydrogen-bond donors (Lipinski definition) is 1. The molecule has 35 heavy (non-hydrogen) atoms. The Morgan fingerprint density at radius 2 is 1.91 bits per heavy atom. The van der Waals surface area contributed by atoms with Crippen LogP contribution in [0.1, 0.15) is 75.1 Å². The maximum Gasteiger partial charge on any atom is 0.665 e. The summed E-state index contributed by atoms with van der Waals surface area (Å²) >= 11 is 0. The van der Waals surface area contributed by atoms with Gasteiger partial charge in [-0.3, -0.25) is 4.79 Å². The molecule has 1 N–H and O–H groups in total. The summed E-state index contributed by atoms with van der Waals surface area (Å²) < 4.78 is 12.4. The van der Waals surface area contributed by atoms with E-state index in [-0.39, 0.29) is 23.7 Å². The summed E-state index contributed by atoms with van der Waals surface area (Å²) in [6, 6.07) is 9.91. The predicted molar refractivity (Wildman–Crippen MR) is 140 cm³/mol. The van der Waals surface area contributed by atoms with Gasteiger partial charge in [-0.2, -0.15) is 0 Å². The molecule has 1 aromatic carbocycles. The van der Waals surface area contributed by atoms with Gasteiger partial charge < -0.3 is 14.5 Å². The van der Waals surface area contributed by atoms with Gasteiger partial charge in [0.2, 0.25) is 5.91 Å². The van der Waals surface area contributed by atoms with E-state index in [0.717, 1.165) is 49.1 Å². The number of benzene rings is 1. The second kappa shape index (κ2) is 9.59. The smallest absolute Gasteiger partial charge is 0.519 e. The van der Waals surface area contributed by atoms with Crippen LogP contribution in [0.3, 0.4) is 0 Å². The van der Waals surface area contributed by atoms with E-state index in [0.29, 0.717) is 28.9 Å². The van der Waals surface area contributed by atoms with Crippen LogP contribution in [0.5, 0.6) is 0 Å². The highest BCUT2D eigenvalue weighted by Gasteiger charge is 2.65. The van der Waals surface area contributed by atoms with Gasteiger partial charge in [0, 0.05) is 5.56 Å². The number of nitrogens with one attached hydrogen (secondary N) is 1. The third-order valence-electron chi connectivity index (χ3n) is 8.13. The number of aryl methyl sites for hydroxylation is 2. The molecule has 6 nitrogen and oxygen atoms in total. The summed E-state index contributed by atoms with van der Waals surface area (Å²) in [6.45, 7) is 10.7. The van der Waals surface area contributed by atoms with Gasteiger partial charge in [-0.25, -0.2) is 9.97 Å². The van der Waals surface area contributed by atoms with Crippen LogP contribution >= 0.6 is 12.4 Å². The fraction of sp³-hybridized carbons (Fsp3) is 0.519. The zero-order chi connectivity index (χ0) is 24.1. The lowest BCUT2D eigenvalue weighted by Gasteiger charge is -2.60. The first kappa shape index (κ1) is 25.7. The Kier molecular flexibility index (Phi) is 7.04. The zero-order valence-corrected chi connectivity index (χ0v) is 22.1. The van der Waals surface area contributed by atoms with Crippen molar-refractivity contribution in [3.63, 3.8) is 0 Å². The number of carbonyl (C=O) groups is 1. The molecule has 3 atom stereocenters. The number of allylic oxidation sites excluding steroid dienone is 1. The Bertz CT molecular complexity index is 1140. The number of amides is 1. The fourth-order valence-electron chi connectivity index (χ4n) is 5.96. The Morgan fingerprint density at radius 3 is 2.60 bits per heavy atom. The first-order chi connectivity index (χ1) is 16.2. The molecule has 3 unspecified atom stereocenters. The van der Waals surface area contributed by atoms with Crippen molar-refractivity contribution in [2.24, 2.45) is 17.3 Å². The molecule has 2 fully saturated rings. The Hall–Kier alpha value is -2.38.